The van der Waals surface area contributed by atoms with Crippen molar-refractivity contribution in [2.75, 3.05) is 0 Å². The molecule has 0 saturated heterocycles. The molecule has 0 aromatic heterocycles. The molecule has 4 aromatic rings. The molecule has 2 N–H and O–H groups in total. The summed E-state index contributed by atoms with van der Waals surface area (Å²) in [5.74, 6) is -3.97. The maximum Gasteiger partial charge on any atom is 0.416 e. The Morgan fingerprint density at radius 3 is 1.54 bits per heavy atom. The molecule has 54 heavy (non-hydrogen) atoms. The number of rotatable bonds is 6. The molecule has 8 rings (SSSR count). The molecule has 0 spiro atoms. The number of carbonyl (C=O) groups excluding carboxylic acids is 4. The summed E-state index contributed by atoms with van der Waals surface area (Å²) in [7, 11) is 0. The first kappa shape index (κ1) is 35.7. The minimum absolute atomic E-state index is 0.0971. The van der Waals surface area contributed by atoms with E-state index < -0.39 is 52.4 Å². The van der Waals surface area contributed by atoms with E-state index in [0.717, 1.165) is 72.9 Å². The van der Waals surface area contributed by atoms with Crippen molar-refractivity contribution in [1.82, 2.24) is 10.6 Å². The van der Waals surface area contributed by atoms with Crippen molar-refractivity contribution in [3.63, 3.8) is 0 Å². The smallest absolute Gasteiger partial charge is 0.390 e. The van der Waals surface area contributed by atoms with Gasteiger partial charge in [0.1, 0.15) is 16.9 Å². The molecule has 11 heteroatoms. The van der Waals surface area contributed by atoms with Crippen molar-refractivity contribution in [2.24, 2.45) is 0 Å². The summed E-state index contributed by atoms with van der Waals surface area (Å²) in [4.78, 5) is 57.1. The van der Waals surface area contributed by atoms with Crippen LogP contribution in [0, 0.1) is 5.82 Å². The maximum atomic E-state index is 14.5. The molecule has 0 aliphatic heterocycles. The standard InChI is InChI=1S/C43H38F4N2O5/c44-32-18-16-28-22-42(24-30(28)20-32,49-38(51)36-14-6-10-26-8-2-4-12-34(26)36)40(53)54-39(52)41(21-27-15-17-31(43(45,46)47)19-29(27)23-41)48-37(50)35-13-5-9-25-7-1-3-11-33(25)35/h5-6,9-10,13-20H,1-4,7-8,11-12,21-24H2,(H,48,50)(H,49,51). The molecule has 278 valence electrons. The Labute approximate surface area is 309 Å². The second-order valence-electron chi connectivity index (χ2n) is 15.2. The largest absolute Gasteiger partial charge is 0.416 e. The van der Waals surface area contributed by atoms with Gasteiger partial charge >= 0.3 is 18.1 Å². The van der Waals surface area contributed by atoms with Gasteiger partial charge in [0.2, 0.25) is 0 Å². The number of carbonyl (C=O) groups is 4. The molecule has 7 nitrogen and oxygen atoms in total. The third-order valence-electron chi connectivity index (χ3n) is 11.6. The SMILES string of the molecule is O=C(NC1(C(=O)OC(=O)C2(NC(=O)c3cccc4c3CCCC4)Cc3ccc(C(F)(F)F)cc3C2)Cc2ccc(F)cc2C1)c1cccc2c1CCCC2. The summed E-state index contributed by atoms with van der Waals surface area (Å²) < 4.78 is 61.5. The van der Waals surface area contributed by atoms with Gasteiger partial charge in [0, 0.05) is 36.8 Å². The van der Waals surface area contributed by atoms with Gasteiger partial charge in [-0.2, -0.15) is 13.2 Å². The molecule has 0 bridgehead atoms. The van der Waals surface area contributed by atoms with Crippen molar-refractivity contribution >= 4 is 23.8 Å². The Hall–Kier alpha value is -5.32. The van der Waals surface area contributed by atoms with Gasteiger partial charge in [-0.05, 0) is 132 Å². The summed E-state index contributed by atoms with van der Waals surface area (Å²) in [6.45, 7) is 0. The van der Waals surface area contributed by atoms with Crippen LogP contribution in [0.2, 0.25) is 0 Å². The van der Waals surface area contributed by atoms with Crippen molar-refractivity contribution in [3.8, 4) is 0 Å². The Kier molecular flexibility index (Phi) is 8.93. The minimum Gasteiger partial charge on any atom is -0.390 e. The van der Waals surface area contributed by atoms with E-state index in [1.54, 1.807) is 24.3 Å². The monoisotopic (exact) mass is 738 g/mol. The van der Waals surface area contributed by atoms with Gasteiger partial charge in [-0.1, -0.05) is 36.4 Å². The number of esters is 2. The van der Waals surface area contributed by atoms with Crippen LogP contribution in [0.25, 0.3) is 0 Å². The van der Waals surface area contributed by atoms with Gasteiger partial charge in [0.15, 0.2) is 0 Å². The van der Waals surface area contributed by atoms with Gasteiger partial charge in [0.05, 0.1) is 5.56 Å². The van der Waals surface area contributed by atoms with Crippen LogP contribution >= 0.6 is 0 Å². The molecule has 4 aliphatic rings. The number of ether oxygens (including phenoxy) is 1. The Morgan fingerprint density at radius 2 is 1.02 bits per heavy atom. The quantitative estimate of drug-likeness (QED) is 0.127. The van der Waals surface area contributed by atoms with E-state index in [0.29, 0.717) is 40.7 Å². The predicted molar refractivity (Wildman–Crippen MR) is 190 cm³/mol. The third-order valence-corrected chi connectivity index (χ3v) is 11.6. The zero-order valence-electron chi connectivity index (χ0n) is 29.5. The molecule has 0 heterocycles. The molecule has 0 saturated carbocycles. The molecule has 0 radical (unpaired) electrons. The first-order valence-electron chi connectivity index (χ1n) is 18.4. The number of aryl methyl sites for hydroxylation is 2. The zero-order valence-corrected chi connectivity index (χ0v) is 29.5. The zero-order chi connectivity index (χ0) is 37.8. The van der Waals surface area contributed by atoms with Crippen LogP contribution in [-0.2, 0) is 71.9 Å². The fraction of sp³-hybridized carbons (Fsp3) is 0.349. The molecule has 2 amide bonds. The van der Waals surface area contributed by atoms with Gasteiger partial charge in [0.25, 0.3) is 11.8 Å². The van der Waals surface area contributed by atoms with Crippen molar-refractivity contribution in [1.29, 1.82) is 0 Å². The van der Waals surface area contributed by atoms with Crippen LogP contribution in [-0.4, -0.2) is 34.8 Å². The van der Waals surface area contributed by atoms with Crippen molar-refractivity contribution in [2.45, 2.75) is 94.3 Å². The fourth-order valence-electron chi connectivity index (χ4n) is 8.90. The summed E-state index contributed by atoms with van der Waals surface area (Å²) in [6.07, 6.45) is 1.16. The average Bonchev–Trinajstić information content (AvgIpc) is 3.72. The summed E-state index contributed by atoms with van der Waals surface area (Å²) in [5.41, 5.74) is 1.47. The van der Waals surface area contributed by atoms with E-state index in [9.17, 15) is 36.7 Å². The van der Waals surface area contributed by atoms with E-state index >= 15 is 0 Å². The normalized spacial score (nSPS) is 21.3. The fourth-order valence-corrected chi connectivity index (χ4v) is 8.90. The molecule has 2 atom stereocenters. The molecular weight excluding hydrogens is 700 g/mol. The van der Waals surface area contributed by atoms with Crippen LogP contribution in [0.3, 0.4) is 0 Å². The summed E-state index contributed by atoms with van der Waals surface area (Å²) in [5, 5.41) is 5.69. The summed E-state index contributed by atoms with van der Waals surface area (Å²) >= 11 is 0. The molecule has 0 fully saturated rings. The topological polar surface area (TPSA) is 102 Å². The molecule has 4 aliphatic carbocycles. The highest BCUT2D eigenvalue weighted by molar-refractivity contribution is 6.05. The Balaban J connectivity index is 1.14. The molecule has 2 unspecified atom stereocenters. The number of fused-ring (bicyclic) bond motifs is 4. The number of amides is 2. The third kappa shape index (κ3) is 6.47. The van der Waals surface area contributed by atoms with Crippen LogP contribution in [0.15, 0.2) is 72.8 Å². The van der Waals surface area contributed by atoms with E-state index in [2.05, 4.69) is 10.6 Å². The number of hydrogen-bond donors (Lipinski definition) is 2. The number of alkyl halides is 3. The van der Waals surface area contributed by atoms with Crippen LogP contribution in [0.5, 0.6) is 0 Å². The lowest BCUT2D eigenvalue weighted by Crippen LogP contribution is -2.61. The first-order chi connectivity index (χ1) is 25.8. The average molecular weight is 739 g/mol. The second-order valence-corrected chi connectivity index (χ2v) is 15.2. The number of nitrogens with one attached hydrogen (secondary N) is 2. The molecular formula is C43H38F4N2O5. The van der Waals surface area contributed by atoms with Gasteiger partial charge in [-0.3, -0.25) is 9.59 Å². The van der Waals surface area contributed by atoms with E-state index in [1.807, 2.05) is 12.1 Å². The van der Waals surface area contributed by atoms with Crippen LogP contribution in [0.1, 0.15) is 96.5 Å². The predicted octanol–water partition coefficient (Wildman–Crippen LogP) is 6.91. The van der Waals surface area contributed by atoms with Crippen LogP contribution in [0.4, 0.5) is 17.6 Å². The highest BCUT2D eigenvalue weighted by atomic mass is 19.4. The van der Waals surface area contributed by atoms with E-state index in [4.69, 9.17) is 4.74 Å². The highest BCUT2D eigenvalue weighted by Gasteiger charge is 2.53. The highest BCUT2D eigenvalue weighted by Crippen LogP contribution is 2.39. The lowest BCUT2D eigenvalue weighted by molar-refractivity contribution is -0.168. The van der Waals surface area contributed by atoms with Gasteiger partial charge < -0.3 is 15.4 Å². The summed E-state index contributed by atoms with van der Waals surface area (Å²) in [6, 6.07) is 18.0. The van der Waals surface area contributed by atoms with Gasteiger partial charge in [-0.15, -0.1) is 0 Å². The van der Waals surface area contributed by atoms with E-state index in [1.165, 1.54) is 24.3 Å². The molecule has 4 aromatic carbocycles. The number of halogens is 4. The first-order valence-corrected chi connectivity index (χ1v) is 18.4. The van der Waals surface area contributed by atoms with Crippen molar-refractivity contribution in [3.05, 3.63) is 140 Å². The van der Waals surface area contributed by atoms with Crippen LogP contribution < -0.4 is 10.6 Å². The lowest BCUT2D eigenvalue weighted by Gasteiger charge is -2.32. The Bertz CT molecular complexity index is 2230. The second kappa shape index (κ2) is 13.5. The maximum absolute atomic E-state index is 14.5. The lowest BCUT2D eigenvalue weighted by atomic mass is 9.87. The van der Waals surface area contributed by atoms with E-state index in [-0.39, 0.29) is 31.2 Å². The number of benzene rings is 4. The number of hydrogen-bond acceptors (Lipinski definition) is 5. The minimum atomic E-state index is -4.65. The Morgan fingerprint density at radius 1 is 0.556 bits per heavy atom. The van der Waals surface area contributed by atoms with Crippen molar-refractivity contribution < 1.29 is 41.5 Å². The van der Waals surface area contributed by atoms with Gasteiger partial charge in [-0.25, -0.2) is 14.0 Å².